The molecule has 0 unspecified atom stereocenters. The molecule has 3 nitrogen and oxygen atoms in total. The topological polar surface area (TPSA) is 57.5 Å². The van der Waals surface area contributed by atoms with Crippen molar-refractivity contribution in [1.29, 1.82) is 0 Å². The van der Waals surface area contributed by atoms with Gasteiger partial charge in [-0.25, -0.2) is 0 Å². The molecule has 46 heavy (non-hydrogen) atoms. The average molecular weight is 627 g/mol. The van der Waals surface area contributed by atoms with Gasteiger partial charge in [0.2, 0.25) is 0 Å². The number of carbonyl (C=O) groups is 1. The quantitative estimate of drug-likeness (QED) is 0.349. The summed E-state index contributed by atoms with van der Waals surface area (Å²) in [5.74, 6) is 0.761. The van der Waals surface area contributed by atoms with Crippen LogP contribution in [0.15, 0.2) is 53.1 Å². The second kappa shape index (κ2) is 11.6. The molecule has 0 aliphatic heterocycles. The first-order valence-electron chi connectivity index (χ1n) is 16.9. The molecule has 3 heteroatoms. The Bertz CT molecular complexity index is 1440. The normalized spacial score (nSPS) is 15.6. The molecular formula is C43H62O3. The minimum atomic E-state index is -0.373. The Balaban J connectivity index is 2.78. The summed E-state index contributed by atoms with van der Waals surface area (Å²) in [5.41, 5.74) is 6.98. The zero-order valence-corrected chi connectivity index (χ0v) is 32.3. The average Bonchev–Trinajstić information content (AvgIpc) is 2.82. The van der Waals surface area contributed by atoms with Crippen LogP contribution in [0.25, 0.3) is 5.57 Å². The van der Waals surface area contributed by atoms with Crippen molar-refractivity contribution in [3.63, 3.8) is 0 Å². The molecular weight excluding hydrogens is 564 g/mol. The van der Waals surface area contributed by atoms with Crippen molar-refractivity contribution in [1.82, 2.24) is 0 Å². The van der Waals surface area contributed by atoms with Gasteiger partial charge in [0.1, 0.15) is 11.5 Å². The molecule has 0 atom stereocenters. The first kappa shape index (κ1) is 37.4. The van der Waals surface area contributed by atoms with E-state index in [9.17, 15) is 15.0 Å². The number of rotatable bonds is 2. The Morgan fingerprint density at radius 2 is 0.674 bits per heavy atom. The predicted octanol–water partition coefficient (Wildman–Crippen LogP) is 11.6. The van der Waals surface area contributed by atoms with E-state index in [1.807, 2.05) is 0 Å². The fourth-order valence-electron chi connectivity index (χ4n) is 6.23. The van der Waals surface area contributed by atoms with Crippen LogP contribution < -0.4 is 0 Å². The first-order chi connectivity index (χ1) is 20.4. The van der Waals surface area contributed by atoms with Crippen molar-refractivity contribution >= 4 is 11.4 Å². The van der Waals surface area contributed by atoms with Crippen LogP contribution in [0.4, 0.5) is 0 Å². The Hall–Kier alpha value is -3.07. The fraction of sp³-hybridized carbons (Fsp3) is 0.558. The van der Waals surface area contributed by atoms with E-state index in [1.165, 1.54) is 0 Å². The first-order valence-corrected chi connectivity index (χ1v) is 16.9. The minimum Gasteiger partial charge on any atom is -0.507 e. The molecule has 0 spiro atoms. The smallest absolute Gasteiger partial charge is 0.186 e. The molecule has 0 radical (unpaired) electrons. The van der Waals surface area contributed by atoms with E-state index in [4.69, 9.17) is 0 Å². The number of phenols is 2. The summed E-state index contributed by atoms with van der Waals surface area (Å²) in [4.78, 5) is 14.1. The van der Waals surface area contributed by atoms with Crippen molar-refractivity contribution in [3.05, 3.63) is 86.5 Å². The van der Waals surface area contributed by atoms with Gasteiger partial charge in [-0.2, -0.15) is 0 Å². The number of ketones is 1. The van der Waals surface area contributed by atoms with Crippen molar-refractivity contribution in [2.24, 2.45) is 10.8 Å². The van der Waals surface area contributed by atoms with E-state index in [0.29, 0.717) is 11.5 Å². The lowest BCUT2D eigenvalue weighted by Gasteiger charge is -2.33. The van der Waals surface area contributed by atoms with Crippen molar-refractivity contribution < 1.29 is 15.0 Å². The summed E-state index contributed by atoms with van der Waals surface area (Å²) >= 11 is 0. The van der Waals surface area contributed by atoms with Crippen molar-refractivity contribution in [2.75, 3.05) is 0 Å². The molecule has 0 saturated heterocycles. The molecule has 0 aromatic heterocycles. The van der Waals surface area contributed by atoms with Crippen molar-refractivity contribution in [2.45, 2.75) is 146 Å². The van der Waals surface area contributed by atoms with Crippen LogP contribution >= 0.6 is 0 Å². The molecule has 0 bridgehead atoms. The van der Waals surface area contributed by atoms with Gasteiger partial charge in [-0.1, -0.05) is 125 Å². The van der Waals surface area contributed by atoms with E-state index in [1.54, 1.807) is 0 Å². The highest BCUT2D eigenvalue weighted by molar-refractivity contribution is 6.12. The fourth-order valence-corrected chi connectivity index (χ4v) is 6.23. The zero-order valence-electron chi connectivity index (χ0n) is 32.3. The van der Waals surface area contributed by atoms with Crippen LogP contribution in [-0.2, 0) is 26.5 Å². The van der Waals surface area contributed by atoms with Gasteiger partial charge in [-0.15, -0.1) is 0 Å². The Morgan fingerprint density at radius 3 is 0.870 bits per heavy atom. The SMILES string of the molecule is CC(C)(C)C1=CC(=C(c2cc(C(C)(C)C)c(O)c(C(C)(C)C)c2)c2cc(C(C)(C)C)c(O)c(C(C)(C)C)c2)C=C(C(C)(C)C)C1=O. The number of allylic oxidation sites excluding steroid dienone is 5. The van der Waals surface area contributed by atoms with E-state index >= 15 is 0 Å². The molecule has 0 saturated carbocycles. The second-order valence-corrected chi connectivity index (χ2v) is 19.6. The molecule has 2 N–H and O–H groups in total. The summed E-state index contributed by atoms with van der Waals surface area (Å²) < 4.78 is 0. The molecule has 1 aliphatic carbocycles. The molecule has 252 valence electrons. The van der Waals surface area contributed by atoms with Gasteiger partial charge in [0.05, 0.1) is 0 Å². The van der Waals surface area contributed by atoms with Crippen LogP contribution in [-0.4, -0.2) is 16.0 Å². The highest BCUT2D eigenvalue weighted by Gasteiger charge is 2.36. The summed E-state index contributed by atoms with van der Waals surface area (Å²) in [6.07, 6.45) is 4.18. The third kappa shape index (κ3) is 7.56. The standard InChI is InChI=1S/C43H62O3/c1-38(2,3)28-19-25(20-29(35(28)44)39(4,5)6)34(26-21-30(40(7,8)9)36(45)31(22-26)41(10,11)12)27-23-32(42(13,14)15)37(46)33(24-27)43(16,17)18/h19-24,44-45H,1-18H3. The second-order valence-electron chi connectivity index (χ2n) is 19.6. The maximum Gasteiger partial charge on any atom is 0.186 e. The van der Waals surface area contributed by atoms with Crippen LogP contribution in [0.3, 0.4) is 0 Å². The van der Waals surface area contributed by atoms with Crippen LogP contribution in [0, 0.1) is 10.8 Å². The van der Waals surface area contributed by atoms with Gasteiger partial charge in [0.15, 0.2) is 5.78 Å². The monoisotopic (exact) mass is 626 g/mol. The zero-order chi connectivity index (χ0) is 35.7. The summed E-state index contributed by atoms with van der Waals surface area (Å²) in [6, 6.07) is 8.55. The predicted molar refractivity (Wildman–Crippen MR) is 197 cm³/mol. The lowest BCUT2D eigenvalue weighted by Crippen LogP contribution is -2.28. The Morgan fingerprint density at radius 1 is 0.435 bits per heavy atom. The summed E-state index contributed by atoms with van der Waals surface area (Å²) in [6.45, 7) is 38.2. The van der Waals surface area contributed by atoms with E-state index < -0.39 is 0 Å². The van der Waals surface area contributed by atoms with Gasteiger partial charge < -0.3 is 10.2 Å². The van der Waals surface area contributed by atoms with E-state index in [2.05, 4.69) is 161 Å². The van der Waals surface area contributed by atoms with E-state index in [0.717, 1.165) is 55.7 Å². The highest BCUT2D eigenvalue weighted by Crippen LogP contribution is 2.48. The molecule has 0 fully saturated rings. The van der Waals surface area contributed by atoms with Gasteiger partial charge in [0.25, 0.3) is 0 Å². The molecule has 2 aromatic rings. The number of phenolic OH excluding ortho intramolecular Hbond substituents is 2. The highest BCUT2D eigenvalue weighted by atomic mass is 16.3. The maximum atomic E-state index is 14.1. The molecule has 2 aromatic carbocycles. The summed E-state index contributed by atoms with van der Waals surface area (Å²) in [7, 11) is 0. The lowest BCUT2D eigenvalue weighted by atomic mass is 9.70. The Labute approximate surface area is 280 Å². The van der Waals surface area contributed by atoms with Gasteiger partial charge >= 0.3 is 0 Å². The molecule has 0 amide bonds. The van der Waals surface area contributed by atoms with Gasteiger partial charge in [0, 0.05) is 33.4 Å². The minimum absolute atomic E-state index is 0.0936. The Kier molecular flexibility index (Phi) is 9.40. The molecule has 1 aliphatic rings. The van der Waals surface area contributed by atoms with Gasteiger partial charge in [-0.05, 0) is 91.2 Å². The van der Waals surface area contributed by atoms with Crippen LogP contribution in [0.2, 0.25) is 0 Å². The number of Topliss-reactive ketones (excluding diaryl/α,β-unsaturated/α-hetero) is 1. The van der Waals surface area contributed by atoms with Crippen LogP contribution in [0.5, 0.6) is 11.5 Å². The lowest BCUT2D eigenvalue weighted by molar-refractivity contribution is -0.114. The molecule has 3 rings (SSSR count). The molecule has 0 heterocycles. The third-order valence-corrected chi connectivity index (χ3v) is 9.02. The summed E-state index contributed by atoms with van der Waals surface area (Å²) in [5, 5.41) is 23.4. The third-order valence-electron chi connectivity index (χ3n) is 9.02. The van der Waals surface area contributed by atoms with E-state index in [-0.39, 0.29) is 38.3 Å². The number of aromatic hydroxyl groups is 2. The van der Waals surface area contributed by atoms with Gasteiger partial charge in [-0.3, -0.25) is 4.79 Å². The number of hydrogen-bond acceptors (Lipinski definition) is 3. The maximum absolute atomic E-state index is 14.1. The number of benzene rings is 2. The van der Waals surface area contributed by atoms with Crippen LogP contribution in [0.1, 0.15) is 158 Å². The van der Waals surface area contributed by atoms with Crippen molar-refractivity contribution in [3.8, 4) is 11.5 Å². The largest absolute Gasteiger partial charge is 0.507 e. The number of carbonyl (C=O) groups excluding carboxylic acids is 1. The number of hydrogen-bond donors (Lipinski definition) is 2.